The summed E-state index contributed by atoms with van der Waals surface area (Å²) in [6.45, 7) is 0. The van der Waals surface area contributed by atoms with Crippen LogP contribution in [0.5, 0.6) is 0 Å². The molecular weight excluding hydrogens is 158 g/mol. The Bertz CT molecular complexity index is 304. The molecule has 1 aromatic rings. The number of fused-ring (bicyclic) bond motifs is 1. The van der Waals surface area contributed by atoms with Crippen LogP contribution < -0.4 is 5.32 Å². The molecule has 0 unspecified atom stereocenters. The lowest BCUT2D eigenvalue weighted by molar-refractivity contribution is 1.21. The van der Waals surface area contributed by atoms with Crippen molar-refractivity contribution in [3.8, 4) is 0 Å². The average Bonchev–Trinajstić information content (AvgIpc) is 2.06. The molecule has 1 aliphatic rings. The maximum atomic E-state index is 5.95. The normalized spacial score (nSPS) is 13.9. The summed E-state index contributed by atoms with van der Waals surface area (Å²) in [6, 6.07) is 5.84. The Hall–Kier alpha value is -0.950. The molecular formula is C9H7ClN. The van der Waals surface area contributed by atoms with Gasteiger partial charge in [0.25, 0.3) is 0 Å². The first-order valence-corrected chi connectivity index (χ1v) is 3.86. The zero-order valence-electron chi connectivity index (χ0n) is 5.89. The Kier molecular flexibility index (Phi) is 1.59. The molecule has 0 atom stereocenters. The number of hydrogen-bond donors (Lipinski definition) is 1. The molecule has 1 heterocycles. The van der Waals surface area contributed by atoms with E-state index in [2.05, 4.69) is 11.5 Å². The summed E-state index contributed by atoms with van der Waals surface area (Å²) >= 11 is 5.95. The minimum absolute atomic E-state index is 0.827. The van der Waals surface area contributed by atoms with Gasteiger partial charge in [-0.05, 0) is 24.1 Å². The lowest BCUT2D eigenvalue weighted by Gasteiger charge is -2.12. The first-order chi connectivity index (χ1) is 5.38. The molecule has 0 aliphatic carbocycles. The number of anilines is 1. The molecule has 0 fully saturated rings. The van der Waals surface area contributed by atoms with E-state index in [1.165, 1.54) is 0 Å². The Balaban J connectivity index is 2.54. The third-order valence-corrected chi connectivity index (χ3v) is 2.09. The van der Waals surface area contributed by atoms with Crippen LogP contribution >= 0.6 is 11.6 Å². The van der Waals surface area contributed by atoms with Crippen molar-refractivity contribution in [3.63, 3.8) is 0 Å². The van der Waals surface area contributed by atoms with Gasteiger partial charge < -0.3 is 5.32 Å². The molecule has 0 saturated heterocycles. The summed E-state index contributed by atoms with van der Waals surface area (Å²) in [5.41, 5.74) is 2.23. The fourth-order valence-electron chi connectivity index (χ4n) is 1.17. The van der Waals surface area contributed by atoms with E-state index < -0.39 is 0 Å². The Labute approximate surface area is 70.7 Å². The predicted octanol–water partition coefficient (Wildman–Crippen LogP) is 2.62. The van der Waals surface area contributed by atoms with Crippen LogP contribution in [-0.4, -0.2) is 0 Å². The predicted molar refractivity (Wildman–Crippen MR) is 46.6 cm³/mol. The van der Waals surface area contributed by atoms with Crippen molar-refractivity contribution in [2.24, 2.45) is 0 Å². The molecule has 0 amide bonds. The molecule has 55 valence electrons. The second-order valence-corrected chi connectivity index (χ2v) is 2.85. The van der Waals surface area contributed by atoms with Crippen LogP contribution in [0, 0.1) is 6.20 Å². The van der Waals surface area contributed by atoms with Gasteiger partial charge in [0.05, 0.1) is 6.20 Å². The minimum Gasteiger partial charge on any atom is -0.354 e. The maximum Gasteiger partial charge on any atom is 0.0583 e. The Morgan fingerprint density at radius 2 is 2.36 bits per heavy atom. The van der Waals surface area contributed by atoms with Gasteiger partial charge in [-0.2, -0.15) is 0 Å². The van der Waals surface area contributed by atoms with Crippen molar-refractivity contribution < 1.29 is 0 Å². The van der Waals surface area contributed by atoms with Gasteiger partial charge in [0.1, 0.15) is 0 Å². The Morgan fingerprint density at radius 1 is 1.45 bits per heavy atom. The van der Waals surface area contributed by atoms with E-state index in [1.807, 2.05) is 24.3 Å². The van der Waals surface area contributed by atoms with E-state index in [1.54, 1.807) is 0 Å². The summed E-state index contributed by atoms with van der Waals surface area (Å²) in [7, 11) is 0. The van der Waals surface area contributed by atoms with Gasteiger partial charge in [-0.3, -0.25) is 0 Å². The lowest BCUT2D eigenvalue weighted by Crippen LogP contribution is -2.00. The van der Waals surface area contributed by atoms with Gasteiger partial charge in [0.2, 0.25) is 0 Å². The highest BCUT2D eigenvalue weighted by Crippen LogP contribution is 2.26. The smallest absolute Gasteiger partial charge is 0.0583 e. The van der Waals surface area contributed by atoms with Crippen LogP contribution in [0.3, 0.4) is 0 Å². The first-order valence-electron chi connectivity index (χ1n) is 3.48. The van der Waals surface area contributed by atoms with Gasteiger partial charge in [-0.25, -0.2) is 0 Å². The monoisotopic (exact) mass is 164 g/mol. The molecule has 1 N–H and O–H groups in total. The molecule has 2 heteroatoms. The maximum absolute atomic E-state index is 5.95. The second kappa shape index (κ2) is 2.59. The van der Waals surface area contributed by atoms with Crippen LogP contribution in [0.15, 0.2) is 24.3 Å². The van der Waals surface area contributed by atoms with Crippen molar-refractivity contribution >= 4 is 17.3 Å². The van der Waals surface area contributed by atoms with Crippen LogP contribution in [0.1, 0.15) is 5.56 Å². The van der Waals surface area contributed by atoms with Crippen LogP contribution in [0.25, 0.3) is 0 Å². The fourth-order valence-corrected chi connectivity index (χ4v) is 1.42. The quantitative estimate of drug-likeness (QED) is 0.622. The lowest BCUT2D eigenvalue weighted by atomic mass is 10.1. The average molecular weight is 165 g/mol. The number of allylic oxidation sites excluding steroid dienone is 1. The van der Waals surface area contributed by atoms with Crippen molar-refractivity contribution in [1.82, 2.24) is 0 Å². The van der Waals surface area contributed by atoms with Crippen molar-refractivity contribution in [2.75, 3.05) is 5.32 Å². The summed E-state index contributed by atoms with van der Waals surface area (Å²) in [4.78, 5) is 0. The van der Waals surface area contributed by atoms with E-state index in [0.717, 1.165) is 22.7 Å². The van der Waals surface area contributed by atoms with E-state index >= 15 is 0 Å². The largest absolute Gasteiger partial charge is 0.354 e. The van der Waals surface area contributed by atoms with Crippen LogP contribution in [0.4, 0.5) is 5.69 Å². The summed E-state index contributed by atoms with van der Waals surface area (Å²) < 4.78 is 0. The highest BCUT2D eigenvalue weighted by molar-refractivity contribution is 6.31. The third-order valence-electron chi connectivity index (χ3n) is 1.73. The van der Waals surface area contributed by atoms with Gasteiger partial charge >= 0.3 is 0 Å². The molecule has 0 aromatic heterocycles. The summed E-state index contributed by atoms with van der Waals surface area (Å²) in [5.74, 6) is 0. The summed E-state index contributed by atoms with van der Waals surface area (Å²) in [6.07, 6.45) is 5.75. The highest BCUT2D eigenvalue weighted by Gasteiger charge is 2.06. The molecule has 0 spiro atoms. The summed E-state index contributed by atoms with van der Waals surface area (Å²) in [5, 5.41) is 3.84. The molecule has 1 aromatic carbocycles. The van der Waals surface area contributed by atoms with Crippen LogP contribution in [0.2, 0.25) is 5.02 Å². The Morgan fingerprint density at radius 3 is 3.18 bits per heavy atom. The standard InChI is InChI=1S/C9H7ClN/c10-8-4-1-5-9-7(8)3-2-6-11-9/h1-2,4-5,11H,3H2. The van der Waals surface area contributed by atoms with Gasteiger partial charge in [0.15, 0.2) is 0 Å². The highest BCUT2D eigenvalue weighted by atomic mass is 35.5. The van der Waals surface area contributed by atoms with Gasteiger partial charge in [0, 0.05) is 10.7 Å². The van der Waals surface area contributed by atoms with E-state index in [4.69, 9.17) is 11.6 Å². The number of hydrogen-bond acceptors (Lipinski definition) is 1. The molecule has 1 radical (unpaired) electrons. The number of halogens is 1. The molecule has 2 rings (SSSR count). The SMILES string of the molecule is Clc1cccc2c1CC=[C]N2. The zero-order valence-corrected chi connectivity index (χ0v) is 6.65. The molecule has 1 aliphatic heterocycles. The third kappa shape index (κ3) is 1.12. The van der Waals surface area contributed by atoms with Crippen molar-refractivity contribution in [1.29, 1.82) is 0 Å². The van der Waals surface area contributed by atoms with Gasteiger partial charge in [-0.1, -0.05) is 23.7 Å². The molecule has 0 saturated carbocycles. The van der Waals surface area contributed by atoms with Crippen molar-refractivity contribution in [3.05, 3.63) is 41.1 Å². The number of nitrogens with one attached hydrogen (secondary N) is 1. The fraction of sp³-hybridized carbons (Fsp3) is 0.111. The van der Waals surface area contributed by atoms with Gasteiger partial charge in [-0.15, -0.1) is 0 Å². The minimum atomic E-state index is 0.827. The number of benzene rings is 1. The van der Waals surface area contributed by atoms with Crippen molar-refractivity contribution in [2.45, 2.75) is 6.42 Å². The van der Waals surface area contributed by atoms with E-state index in [0.29, 0.717) is 0 Å². The van der Waals surface area contributed by atoms with Crippen LogP contribution in [-0.2, 0) is 6.42 Å². The van der Waals surface area contributed by atoms with E-state index in [-0.39, 0.29) is 0 Å². The zero-order chi connectivity index (χ0) is 7.68. The molecule has 1 nitrogen and oxygen atoms in total. The second-order valence-electron chi connectivity index (χ2n) is 2.44. The first kappa shape index (κ1) is 6.74. The molecule has 0 bridgehead atoms. The molecule has 11 heavy (non-hydrogen) atoms. The van der Waals surface area contributed by atoms with E-state index in [9.17, 15) is 0 Å². The number of rotatable bonds is 0. The topological polar surface area (TPSA) is 12.0 Å².